The Morgan fingerprint density at radius 1 is 0.958 bits per heavy atom. The van der Waals surface area contributed by atoms with E-state index in [1.54, 1.807) is 38.1 Å². The molecule has 0 aliphatic heterocycles. The Bertz CT molecular complexity index is 828. The summed E-state index contributed by atoms with van der Waals surface area (Å²) in [5.74, 6) is 0. The van der Waals surface area contributed by atoms with Gasteiger partial charge < -0.3 is 9.05 Å². The van der Waals surface area contributed by atoms with Crippen molar-refractivity contribution in [2.24, 2.45) is 0 Å². The second-order valence-corrected chi connectivity index (χ2v) is 8.75. The van der Waals surface area contributed by atoms with Gasteiger partial charge in [-0.25, -0.2) is 0 Å². The maximum atomic E-state index is 13.5. The molecule has 0 saturated heterocycles. The van der Waals surface area contributed by atoms with Crippen LogP contribution >= 0.6 is 42.4 Å². The summed E-state index contributed by atoms with van der Waals surface area (Å²) < 4.78 is 24.7. The third kappa shape index (κ3) is 3.03. The molecule has 1 unspecified atom stereocenters. The normalized spacial score (nSPS) is 16.1. The predicted molar refractivity (Wildman–Crippen MR) is 99.6 cm³/mol. The van der Waals surface area contributed by atoms with E-state index < -0.39 is 13.3 Å². The van der Waals surface area contributed by atoms with Crippen molar-refractivity contribution in [1.82, 2.24) is 0 Å². The van der Waals surface area contributed by atoms with E-state index >= 15 is 0 Å². The zero-order chi connectivity index (χ0) is 17.5. The van der Waals surface area contributed by atoms with Gasteiger partial charge in [0.1, 0.15) is 5.66 Å². The first-order chi connectivity index (χ1) is 11.4. The number of hydrogen-bond donors (Lipinski definition) is 0. The van der Waals surface area contributed by atoms with Crippen LogP contribution in [0.2, 0.25) is 15.1 Å². The Morgan fingerprint density at radius 3 is 2.21 bits per heavy atom. The summed E-state index contributed by atoms with van der Waals surface area (Å²) in [6.45, 7) is 4.11. The van der Waals surface area contributed by atoms with Crippen molar-refractivity contribution in [3.8, 4) is 11.1 Å². The van der Waals surface area contributed by atoms with Crippen LogP contribution in [0.4, 0.5) is 0 Å². The van der Waals surface area contributed by atoms with Crippen molar-refractivity contribution in [3.05, 3.63) is 56.5 Å². The number of hydrogen-bond acceptors (Lipinski definition) is 3. The smallest absolute Gasteiger partial charge is 0.308 e. The summed E-state index contributed by atoms with van der Waals surface area (Å²) in [5, 5.41) is 1.53. The van der Waals surface area contributed by atoms with Crippen molar-refractivity contribution >= 4 is 42.4 Å². The predicted octanol–water partition coefficient (Wildman–Crippen LogP) is 6.98. The molecule has 0 spiro atoms. The topological polar surface area (TPSA) is 35.5 Å². The van der Waals surface area contributed by atoms with Crippen molar-refractivity contribution in [2.75, 3.05) is 13.2 Å². The van der Waals surface area contributed by atoms with Gasteiger partial charge in [-0.3, -0.25) is 4.57 Å². The van der Waals surface area contributed by atoms with Gasteiger partial charge in [-0.15, -0.1) is 0 Å². The molecule has 0 aromatic heterocycles. The molecule has 0 radical (unpaired) electrons. The van der Waals surface area contributed by atoms with Gasteiger partial charge in [-0.05, 0) is 54.8 Å². The van der Waals surface area contributed by atoms with Gasteiger partial charge in [0.05, 0.1) is 18.2 Å². The molecule has 128 valence electrons. The molecule has 2 aromatic carbocycles. The Labute approximate surface area is 156 Å². The van der Waals surface area contributed by atoms with Crippen LogP contribution in [-0.4, -0.2) is 13.2 Å². The van der Waals surface area contributed by atoms with E-state index in [1.807, 2.05) is 6.07 Å². The van der Waals surface area contributed by atoms with Crippen LogP contribution in [0.3, 0.4) is 0 Å². The highest BCUT2D eigenvalue weighted by Gasteiger charge is 2.45. The second kappa shape index (κ2) is 6.99. The van der Waals surface area contributed by atoms with Gasteiger partial charge in [0.2, 0.25) is 0 Å². The number of halogens is 3. The Balaban J connectivity index is 2.31. The summed E-state index contributed by atoms with van der Waals surface area (Å²) in [4.78, 5) is 0. The molecule has 24 heavy (non-hydrogen) atoms. The summed E-state index contributed by atoms with van der Waals surface area (Å²) in [5.41, 5.74) is 2.61. The SMILES string of the molecule is CCOP(=O)(OCC)C1c2cc(Cl)ccc2-c2c(Cl)cc(Cl)cc21. The van der Waals surface area contributed by atoms with Crippen molar-refractivity contribution in [3.63, 3.8) is 0 Å². The summed E-state index contributed by atoms with van der Waals surface area (Å²) in [6.07, 6.45) is 0. The lowest BCUT2D eigenvalue weighted by Crippen LogP contribution is -2.06. The van der Waals surface area contributed by atoms with Crippen LogP contribution in [0.15, 0.2) is 30.3 Å². The maximum absolute atomic E-state index is 13.5. The molecule has 3 rings (SSSR count). The highest BCUT2D eigenvalue weighted by Crippen LogP contribution is 2.69. The minimum atomic E-state index is -3.47. The minimum Gasteiger partial charge on any atom is -0.308 e. The molecule has 0 heterocycles. The standard InChI is InChI=1S/C17H16Cl3O3P/c1-3-22-24(21,23-4-2)17-13-7-10(18)5-6-12(13)16-14(17)8-11(19)9-15(16)20/h5-9,17H,3-4H2,1-2H3. The summed E-state index contributed by atoms with van der Waals surface area (Å²) in [7, 11) is -3.47. The van der Waals surface area contributed by atoms with Crippen molar-refractivity contribution < 1.29 is 13.6 Å². The minimum absolute atomic E-state index is 0.271. The lowest BCUT2D eigenvalue weighted by Gasteiger charge is -2.25. The highest BCUT2D eigenvalue weighted by molar-refractivity contribution is 7.54. The Kier molecular flexibility index (Phi) is 5.32. The van der Waals surface area contributed by atoms with E-state index in [-0.39, 0.29) is 13.2 Å². The van der Waals surface area contributed by atoms with Gasteiger partial charge in [-0.2, -0.15) is 0 Å². The van der Waals surface area contributed by atoms with Crippen LogP contribution in [0.5, 0.6) is 0 Å². The maximum Gasteiger partial charge on any atom is 0.342 e. The van der Waals surface area contributed by atoms with Gasteiger partial charge >= 0.3 is 7.60 Å². The molecule has 1 aliphatic rings. The van der Waals surface area contributed by atoms with Crippen LogP contribution in [0, 0.1) is 0 Å². The molecule has 0 saturated carbocycles. The average molecular weight is 406 g/mol. The molecule has 0 bridgehead atoms. The monoisotopic (exact) mass is 404 g/mol. The van der Waals surface area contributed by atoms with E-state index in [0.717, 1.165) is 22.3 Å². The largest absolute Gasteiger partial charge is 0.342 e. The van der Waals surface area contributed by atoms with Gasteiger partial charge in [0.25, 0.3) is 0 Å². The molecule has 7 heteroatoms. The number of rotatable bonds is 5. The molecular weight excluding hydrogens is 390 g/mol. The molecule has 3 nitrogen and oxygen atoms in total. The van der Waals surface area contributed by atoms with Gasteiger partial charge in [0, 0.05) is 15.6 Å². The first kappa shape index (κ1) is 18.3. The van der Waals surface area contributed by atoms with E-state index in [4.69, 9.17) is 43.9 Å². The highest BCUT2D eigenvalue weighted by atomic mass is 35.5. The fourth-order valence-electron chi connectivity index (χ4n) is 3.14. The fourth-order valence-corrected chi connectivity index (χ4v) is 6.12. The molecule has 0 N–H and O–H groups in total. The molecule has 1 aliphatic carbocycles. The summed E-state index contributed by atoms with van der Waals surface area (Å²) in [6, 6.07) is 8.89. The van der Waals surface area contributed by atoms with Gasteiger partial charge in [-0.1, -0.05) is 40.9 Å². The lowest BCUT2D eigenvalue weighted by atomic mass is 10.1. The molecular formula is C17H16Cl3O3P. The molecule has 0 fully saturated rings. The van der Waals surface area contributed by atoms with Gasteiger partial charge in [0.15, 0.2) is 0 Å². The molecule has 0 amide bonds. The number of fused-ring (bicyclic) bond motifs is 3. The fraction of sp³-hybridized carbons (Fsp3) is 0.294. The van der Waals surface area contributed by atoms with Crippen LogP contribution in [0.1, 0.15) is 30.6 Å². The van der Waals surface area contributed by atoms with Crippen molar-refractivity contribution in [2.45, 2.75) is 19.5 Å². The Hall–Kier alpha value is -0.540. The van der Waals surface area contributed by atoms with Crippen LogP contribution in [0.25, 0.3) is 11.1 Å². The Morgan fingerprint density at radius 2 is 1.58 bits per heavy atom. The first-order valence-electron chi connectivity index (χ1n) is 7.58. The third-order valence-electron chi connectivity index (χ3n) is 3.89. The lowest BCUT2D eigenvalue weighted by molar-refractivity contribution is 0.215. The summed E-state index contributed by atoms with van der Waals surface area (Å²) >= 11 is 18.8. The van der Waals surface area contributed by atoms with Crippen molar-refractivity contribution in [1.29, 1.82) is 0 Å². The van der Waals surface area contributed by atoms with Crippen LogP contribution < -0.4 is 0 Å². The van der Waals surface area contributed by atoms with E-state index in [1.165, 1.54) is 0 Å². The van der Waals surface area contributed by atoms with E-state index in [0.29, 0.717) is 15.1 Å². The van der Waals surface area contributed by atoms with E-state index in [9.17, 15) is 4.57 Å². The van der Waals surface area contributed by atoms with E-state index in [2.05, 4.69) is 0 Å². The molecule has 1 atom stereocenters. The third-order valence-corrected chi connectivity index (χ3v) is 7.07. The van der Waals surface area contributed by atoms with Crippen LogP contribution in [-0.2, 0) is 13.6 Å². The quantitative estimate of drug-likeness (QED) is 0.503. The zero-order valence-corrected chi connectivity index (χ0v) is 16.3. The first-order valence-corrected chi connectivity index (χ1v) is 10.3. The zero-order valence-electron chi connectivity index (χ0n) is 13.2. The average Bonchev–Trinajstić information content (AvgIpc) is 2.81. The number of benzene rings is 2. The second-order valence-electron chi connectivity index (χ2n) is 5.36. The molecule has 2 aromatic rings.